The van der Waals surface area contributed by atoms with Gasteiger partial charge in [0, 0.05) is 5.69 Å². The SMILES string of the molecule is CCCC(C(=O)Nc1cccc(S(N)(=O)=O)c1)C(N)=NO. The summed E-state index contributed by atoms with van der Waals surface area (Å²) in [7, 11) is -3.85. The lowest BCUT2D eigenvalue weighted by Gasteiger charge is -2.14. The highest BCUT2D eigenvalue weighted by molar-refractivity contribution is 7.89. The molecule has 1 rings (SSSR count). The summed E-state index contributed by atoms with van der Waals surface area (Å²) in [5.41, 5.74) is 5.74. The van der Waals surface area contributed by atoms with E-state index in [-0.39, 0.29) is 16.4 Å². The molecule has 0 saturated carbocycles. The Morgan fingerprint density at radius 3 is 2.67 bits per heavy atom. The number of benzene rings is 1. The van der Waals surface area contributed by atoms with Crippen LogP contribution < -0.4 is 16.2 Å². The van der Waals surface area contributed by atoms with Crippen LogP contribution in [0.25, 0.3) is 0 Å². The molecule has 0 spiro atoms. The molecule has 0 aliphatic rings. The number of oxime groups is 1. The van der Waals surface area contributed by atoms with Crippen molar-refractivity contribution in [2.24, 2.45) is 21.9 Å². The third kappa shape index (κ3) is 4.72. The highest BCUT2D eigenvalue weighted by atomic mass is 32.2. The molecule has 1 unspecified atom stereocenters. The molecule has 116 valence electrons. The van der Waals surface area contributed by atoms with Gasteiger partial charge in [-0.1, -0.05) is 24.6 Å². The van der Waals surface area contributed by atoms with Gasteiger partial charge in [-0.05, 0) is 24.6 Å². The van der Waals surface area contributed by atoms with E-state index < -0.39 is 21.8 Å². The van der Waals surface area contributed by atoms with Crippen LogP contribution in [0.2, 0.25) is 0 Å². The number of primary sulfonamides is 1. The van der Waals surface area contributed by atoms with Crippen molar-refractivity contribution >= 4 is 27.5 Å². The van der Waals surface area contributed by atoms with Gasteiger partial charge in [0.1, 0.15) is 0 Å². The summed E-state index contributed by atoms with van der Waals surface area (Å²) in [6.07, 6.45) is 1.06. The van der Waals surface area contributed by atoms with Crippen LogP contribution in [-0.2, 0) is 14.8 Å². The molecular weight excluding hydrogens is 296 g/mol. The van der Waals surface area contributed by atoms with Gasteiger partial charge in [0.2, 0.25) is 15.9 Å². The van der Waals surface area contributed by atoms with E-state index in [0.29, 0.717) is 12.8 Å². The van der Waals surface area contributed by atoms with Gasteiger partial charge < -0.3 is 16.3 Å². The predicted molar refractivity (Wildman–Crippen MR) is 78.3 cm³/mol. The first-order chi connectivity index (χ1) is 9.79. The molecule has 0 radical (unpaired) electrons. The maximum absolute atomic E-state index is 12.1. The highest BCUT2D eigenvalue weighted by Gasteiger charge is 2.22. The molecule has 9 heteroatoms. The number of rotatable bonds is 6. The van der Waals surface area contributed by atoms with Crippen molar-refractivity contribution in [3.8, 4) is 0 Å². The van der Waals surface area contributed by atoms with Gasteiger partial charge in [-0.15, -0.1) is 0 Å². The summed E-state index contributed by atoms with van der Waals surface area (Å²) >= 11 is 0. The molecule has 8 nitrogen and oxygen atoms in total. The fourth-order valence-corrected chi connectivity index (χ4v) is 2.31. The topological polar surface area (TPSA) is 148 Å². The van der Waals surface area contributed by atoms with Crippen molar-refractivity contribution in [3.05, 3.63) is 24.3 Å². The first kappa shape index (κ1) is 16.9. The first-order valence-electron chi connectivity index (χ1n) is 6.20. The second-order valence-corrected chi connectivity index (χ2v) is 5.99. The number of carbonyl (C=O) groups excluding carboxylic acids is 1. The molecule has 0 bridgehead atoms. The van der Waals surface area contributed by atoms with Gasteiger partial charge in [-0.2, -0.15) is 0 Å². The number of hydrogen-bond donors (Lipinski definition) is 4. The molecule has 1 aromatic rings. The Hall–Kier alpha value is -2.13. The molecule has 0 saturated heterocycles. The van der Waals surface area contributed by atoms with E-state index in [1.165, 1.54) is 24.3 Å². The third-order valence-electron chi connectivity index (χ3n) is 2.80. The van der Waals surface area contributed by atoms with E-state index >= 15 is 0 Å². The molecule has 0 aliphatic carbocycles. The van der Waals surface area contributed by atoms with Crippen LogP contribution in [0.3, 0.4) is 0 Å². The van der Waals surface area contributed by atoms with Crippen molar-refractivity contribution < 1.29 is 18.4 Å². The lowest BCUT2D eigenvalue weighted by atomic mass is 10.0. The van der Waals surface area contributed by atoms with Gasteiger partial charge in [0.05, 0.1) is 10.8 Å². The largest absolute Gasteiger partial charge is 0.409 e. The monoisotopic (exact) mass is 314 g/mol. The maximum atomic E-state index is 12.1. The minimum absolute atomic E-state index is 0.115. The Morgan fingerprint density at radius 1 is 1.48 bits per heavy atom. The standard InChI is InChI=1S/C12H18N4O4S/c1-2-4-10(11(13)16-18)12(17)15-8-5-3-6-9(7-8)21(14,19)20/h3,5-7,10,18H,2,4H2,1H3,(H2,13,16)(H,15,17)(H2,14,19,20). The minimum atomic E-state index is -3.85. The van der Waals surface area contributed by atoms with Gasteiger partial charge in [-0.3, -0.25) is 4.79 Å². The predicted octanol–water partition coefficient (Wildman–Crippen LogP) is 0.435. The summed E-state index contributed by atoms with van der Waals surface area (Å²) in [5, 5.41) is 19.1. The first-order valence-corrected chi connectivity index (χ1v) is 7.75. The summed E-state index contributed by atoms with van der Waals surface area (Å²) in [6, 6.07) is 5.52. The quantitative estimate of drug-likeness (QED) is 0.260. The summed E-state index contributed by atoms with van der Waals surface area (Å²) < 4.78 is 22.5. The van der Waals surface area contributed by atoms with Crippen LogP contribution in [-0.4, -0.2) is 25.4 Å². The number of nitrogens with one attached hydrogen (secondary N) is 1. The zero-order valence-electron chi connectivity index (χ0n) is 11.5. The average molecular weight is 314 g/mol. The molecule has 1 aromatic carbocycles. The van der Waals surface area contributed by atoms with E-state index in [9.17, 15) is 13.2 Å². The van der Waals surface area contributed by atoms with Gasteiger partial charge in [0.25, 0.3) is 0 Å². The zero-order chi connectivity index (χ0) is 16.0. The lowest BCUT2D eigenvalue weighted by Crippen LogP contribution is -2.34. The molecule has 1 atom stereocenters. The van der Waals surface area contributed by atoms with Crippen LogP contribution in [0.1, 0.15) is 19.8 Å². The third-order valence-corrected chi connectivity index (χ3v) is 3.71. The van der Waals surface area contributed by atoms with Gasteiger partial charge in [-0.25, -0.2) is 13.6 Å². The Labute approximate surface area is 122 Å². The summed E-state index contributed by atoms with van der Waals surface area (Å²) in [6.45, 7) is 1.85. The van der Waals surface area contributed by atoms with Crippen molar-refractivity contribution in [3.63, 3.8) is 0 Å². The van der Waals surface area contributed by atoms with E-state index in [1.807, 2.05) is 6.92 Å². The summed E-state index contributed by atoms with van der Waals surface area (Å²) in [5.74, 6) is -1.48. The average Bonchev–Trinajstić information content (AvgIpc) is 2.43. The van der Waals surface area contributed by atoms with Crippen LogP contribution in [0.5, 0.6) is 0 Å². The number of carbonyl (C=O) groups is 1. The second kappa shape index (κ2) is 7.04. The molecule has 0 aliphatic heterocycles. The zero-order valence-corrected chi connectivity index (χ0v) is 12.3. The molecule has 21 heavy (non-hydrogen) atoms. The number of nitrogens with zero attached hydrogens (tertiary/aromatic N) is 1. The molecule has 0 aromatic heterocycles. The minimum Gasteiger partial charge on any atom is -0.409 e. The Bertz CT molecular complexity index is 642. The lowest BCUT2D eigenvalue weighted by molar-refractivity contribution is -0.118. The molecular formula is C12H18N4O4S. The van der Waals surface area contributed by atoms with Crippen LogP contribution in [0.4, 0.5) is 5.69 Å². The number of sulfonamides is 1. The number of hydrogen-bond acceptors (Lipinski definition) is 5. The van der Waals surface area contributed by atoms with Crippen molar-refractivity contribution in [2.45, 2.75) is 24.7 Å². The normalized spacial score (nSPS) is 13.7. The Balaban J connectivity index is 2.97. The molecule has 0 fully saturated rings. The van der Waals surface area contributed by atoms with Gasteiger partial charge in [0.15, 0.2) is 5.84 Å². The molecule has 1 amide bonds. The second-order valence-electron chi connectivity index (χ2n) is 4.43. The van der Waals surface area contributed by atoms with Crippen LogP contribution in [0.15, 0.2) is 34.3 Å². The Morgan fingerprint density at radius 2 is 2.14 bits per heavy atom. The fourth-order valence-electron chi connectivity index (χ4n) is 1.75. The van der Waals surface area contributed by atoms with Crippen LogP contribution in [0, 0.1) is 5.92 Å². The van der Waals surface area contributed by atoms with Crippen molar-refractivity contribution in [2.75, 3.05) is 5.32 Å². The molecule has 0 heterocycles. The number of anilines is 1. The van der Waals surface area contributed by atoms with E-state index in [2.05, 4.69) is 10.5 Å². The van der Waals surface area contributed by atoms with Crippen molar-refractivity contribution in [1.29, 1.82) is 0 Å². The number of amides is 1. The van der Waals surface area contributed by atoms with Crippen LogP contribution >= 0.6 is 0 Å². The summed E-state index contributed by atoms with van der Waals surface area (Å²) in [4.78, 5) is 12.0. The number of nitrogens with two attached hydrogens (primary N) is 2. The molecule has 6 N–H and O–H groups in total. The maximum Gasteiger partial charge on any atom is 0.238 e. The smallest absolute Gasteiger partial charge is 0.238 e. The number of amidine groups is 1. The van der Waals surface area contributed by atoms with E-state index in [1.54, 1.807) is 0 Å². The fraction of sp³-hybridized carbons (Fsp3) is 0.333. The van der Waals surface area contributed by atoms with Gasteiger partial charge >= 0.3 is 0 Å². The van der Waals surface area contributed by atoms with Crippen molar-refractivity contribution in [1.82, 2.24) is 0 Å². The highest BCUT2D eigenvalue weighted by Crippen LogP contribution is 2.16. The van der Waals surface area contributed by atoms with E-state index in [4.69, 9.17) is 16.1 Å². The van der Waals surface area contributed by atoms with E-state index in [0.717, 1.165) is 0 Å². The Kier molecular flexibility index (Phi) is 5.68.